The van der Waals surface area contributed by atoms with Crippen LogP contribution in [0.3, 0.4) is 0 Å². The van der Waals surface area contributed by atoms with Gasteiger partial charge in [-0.15, -0.1) is 11.6 Å². The van der Waals surface area contributed by atoms with Gasteiger partial charge < -0.3 is 9.47 Å². The van der Waals surface area contributed by atoms with E-state index in [-0.39, 0.29) is 7.11 Å². The lowest BCUT2D eigenvalue weighted by atomic mass is 9.90. The van der Waals surface area contributed by atoms with Crippen LogP contribution in [0.5, 0.6) is 0 Å². The van der Waals surface area contributed by atoms with Crippen LogP contribution in [0, 0.1) is 0 Å². The van der Waals surface area contributed by atoms with Crippen LogP contribution in [0.15, 0.2) is 12.1 Å². The Bertz CT molecular complexity index is 417. The molecule has 132 valence electrons. The van der Waals surface area contributed by atoms with Crippen LogP contribution in [0.25, 0.3) is 0 Å². The van der Waals surface area contributed by atoms with Crippen molar-refractivity contribution in [3.8, 4) is 0 Å². The fraction of sp³-hybridized carbons (Fsp3) is 0.778. The molecule has 0 spiro atoms. The Hall–Kier alpha value is -0.910. The number of hydrogen-bond acceptors (Lipinski definition) is 2. The summed E-state index contributed by atoms with van der Waals surface area (Å²) in [4.78, 5) is 0. The molecule has 0 saturated heterocycles. The van der Waals surface area contributed by atoms with Crippen molar-refractivity contribution in [3.05, 3.63) is 12.1 Å². The Morgan fingerprint density at radius 3 is 1.68 bits per heavy atom. The van der Waals surface area contributed by atoms with E-state index in [4.69, 9.17) is 11.6 Å². The molecule has 2 nitrogen and oxygen atoms in total. The summed E-state index contributed by atoms with van der Waals surface area (Å²) >= 11 is 4.88. The van der Waals surface area contributed by atoms with Crippen molar-refractivity contribution in [1.29, 1.82) is 0 Å². The molecule has 0 aromatic carbocycles. The van der Waals surface area contributed by atoms with Gasteiger partial charge in [-0.1, -0.05) is 0 Å². The van der Waals surface area contributed by atoms with Gasteiger partial charge in [0.2, 0.25) is 5.60 Å². The summed E-state index contributed by atoms with van der Waals surface area (Å²) in [6.07, 6.45) is -17.9. The average Bonchev–Trinajstić information content (AvgIpc) is 2.32. The van der Waals surface area contributed by atoms with E-state index in [1.165, 1.54) is 0 Å². The van der Waals surface area contributed by atoms with E-state index in [1.54, 1.807) is 0 Å². The SMILES string of the molecule is COC(CCCl)(C(F)(F)F)C(F)(F)C(F)(F)OC(F)=C(F)F. The maximum absolute atomic E-state index is 13.6. The van der Waals surface area contributed by atoms with Crippen molar-refractivity contribution >= 4 is 11.6 Å². The Morgan fingerprint density at radius 2 is 1.41 bits per heavy atom. The predicted molar refractivity (Wildman–Crippen MR) is 52.5 cm³/mol. The second-order valence-electron chi connectivity index (χ2n) is 3.70. The minimum atomic E-state index is -6.31. The quantitative estimate of drug-likeness (QED) is 0.362. The van der Waals surface area contributed by atoms with Gasteiger partial charge in [-0.2, -0.15) is 43.9 Å². The molecule has 0 amide bonds. The molecule has 0 aromatic heterocycles. The van der Waals surface area contributed by atoms with Crippen LogP contribution >= 0.6 is 11.6 Å². The molecular weight excluding hydrogens is 366 g/mol. The first-order chi connectivity index (χ1) is 9.70. The van der Waals surface area contributed by atoms with Gasteiger partial charge in [-0.05, 0) is 0 Å². The summed E-state index contributed by atoms with van der Waals surface area (Å²) < 4.78 is 133. The normalized spacial score (nSPS) is 16.2. The van der Waals surface area contributed by atoms with E-state index in [0.717, 1.165) is 0 Å². The number of ether oxygens (including phenoxy) is 2. The van der Waals surface area contributed by atoms with Crippen molar-refractivity contribution in [2.75, 3.05) is 13.0 Å². The van der Waals surface area contributed by atoms with Gasteiger partial charge >= 0.3 is 30.3 Å². The standard InChI is InChI=1S/C9H7ClF10O2/c1-21-6(2-3-10,8(16,17)18)7(14,15)9(19,20)22-5(13)4(11)12/h2-3H2,1H3. The van der Waals surface area contributed by atoms with E-state index in [9.17, 15) is 43.9 Å². The molecule has 13 heteroatoms. The second-order valence-corrected chi connectivity index (χ2v) is 4.07. The monoisotopic (exact) mass is 372 g/mol. The second kappa shape index (κ2) is 6.69. The van der Waals surface area contributed by atoms with E-state index in [0.29, 0.717) is 0 Å². The average molecular weight is 373 g/mol. The molecule has 0 aromatic rings. The molecule has 0 radical (unpaired) electrons. The Labute approximate surface area is 121 Å². The summed E-state index contributed by atoms with van der Waals surface area (Å²) in [5.74, 6) is -7.50. The number of rotatable bonds is 7. The Kier molecular flexibility index (Phi) is 6.41. The fourth-order valence-electron chi connectivity index (χ4n) is 1.41. The molecule has 1 atom stereocenters. The van der Waals surface area contributed by atoms with Crippen molar-refractivity contribution in [2.45, 2.75) is 30.2 Å². The Morgan fingerprint density at radius 1 is 0.955 bits per heavy atom. The first-order valence-electron chi connectivity index (χ1n) is 5.03. The van der Waals surface area contributed by atoms with Gasteiger partial charge in [0.05, 0.1) is 0 Å². The first kappa shape index (κ1) is 21.1. The highest BCUT2D eigenvalue weighted by Crippen LogP contribution is 2.54. The zero-order valence-corrected chi connectivity index (χ0v) is 11.1. The minimum absolute atomic E-state index is 0.0198. The summed E-state index contributed by atoms with van der Waals surface area (Å²) in [5.41, 5.74) is -4.89. The summed E-state index contributed by atoms with van der Waals surface area (Å²) in [7, 11) is 0.0198. The van der Waals surface area contributed by atoms with Crippen LogP contribution in [-0.2, 0) is 9.47 Å². The van der Waals surface area contributed by atoms with Crippen LogP contribution in [0.4, 0.5) is 43.9 Å². The summed E-state index contributed by atoms with van der Waals surface area (Å²) in [5, 5.41) is 0. The number of halogens is 11. The summed E-state index contributed by atoms with van der Waals surface area (Å²) in [6.45, 7) is 0. The third-order valence-electron chi connectivity index (χ3n) is 2.49. The number of methoxy groups -OCH3 is 1. The highest BCUT2D eigenvalue weighted by molar-refractivity contribution is 6.17. The van der Waals surface area contributed by atoms with E-state index in [1.807, 2.05) is 0 Å². The molecule has 0 heterocycles. The van der Waals surface area contributed by atoms with Gasteiger partial charge in [0.25, 0.3) is 0 Å². The van der Waals surface area contributed by atoms with Gasteiger partial charge in [-0.3, -0.25) is 0 Å². The molecular formula is C9H7ClF10O2. The number of hydrogen-bond donors (Lipinski definition) is 0. The van der Waals surface area contributed by atoms with Crippen molar-refractivity contribution in [2.24, 2.45) is 0 Å². The van der Waals surface area contributed by atoms with Crippen molar-refractivity contribution in [3.63, 3.8) is 0 Å². The van der Waals surface area contributed by atoms with Gasteiger partial charge in [0.1, 0.15) is 0 Å². The summed E-state index contributed by atoms with van der Waals surface area (Å²) in [6, 6.07) is -3.46. The molecule has 0 aliphatic heterocycles. The minimum Gasteiger partial charge on any atom is -0.398 e. The zero-order valence-electron chi connectivity index (χ0n) is 10.4. The van der Waals surface area contributed by atoms with E-state index < -0.39 is 48.2 Å². The molecule has 0 fully saturated rings. The van der Waals surface area contributed by atoms with E-state index in [2.05, 4.69) is 9.47 Å². The molecule has 0 rings (SSSR count). The van der Waals surface area contributed by atoms with Crippen LogP contribution in [-0.4, -0.2) is 36.8 Å². The smallest absolute Gasteiger partial charge is 0.398 e. The Balaban J connectivity index is 6.05. The third-order valence-corrected chi connectivity index (χ3v) is 2.68. The topological polar surface area (TPSA) is 18.5 Å². The predicted octanol–water partition coefficient (Wildman–Crippen LogP) is 4.84. The first-order valence-corrected chi connectivity index (χ1v) is 5.57. The largest absolute Gasteiger partial charge is 0.469 e. The van der Waals surface area contributed by atoms with Gasteiger partial charge in [0.15, 0.2) is 0 Å². The number of alkyl halides is 8. The van der Waals surface area contributed by atoms with Gasteiger partial charge in [0, 0.05) is 19.4 Å². The molecule has 0 N–H and O–H groups in total. The highest BCUT2D eigenvalue weighted by Gasteiger charge is 2.81. The lowest BCUT2D eigenvalue weighted by Gasteiger charge is -2.41. The third kappa shape index (κ3) is 3.53. The van der Waals surface area contributed by atoms with Crippen LogP contribution in [0.1, 0.15) is 6.42 Å². The fourth-order valence-corrected chi connectivity index (χ4v) is 1.67. The zero-order chi connectivity index (χ0) is 18.0. The maximum Gasteiger partial charge on any atom is 0.469 e. The maximum atomic E-state index is 13.6. The molecule has 0 aliphatic rings. The van der Waals surface area contributed by atoms with Crippen molar-refractivity contribution < 1.29 is 53.4 Å². The lowest BCUT2D eigenvalue weighted by Crippen LogP contribution is -2.67. The van der Waals surface area contributed by atoms with E-state index >= 15 is 0 Å². The highest BCUT2D eigenvalue weighted by atomic mass is 35.5. The molecule has 0 bridgehead atoms. The molecule has 0 saturated carbocycles. The molecule has 1 unspecified atom stereocenters. The lowest BCUT2D eigenvalue weighted by molar-refractivity contribution is -0.430. The van der Waals surface area contributed by atoms with Crippen molar-refractivity contribution in [1.82, 2.24) is 0 Å². The van der Waals surface area contributed by atoms with Crippen LogP contribution < -0.4 is 0 Å². The molecule has 0 aliphatic carbocycles. The molecule has 22 heavy (non-hydrogen) atoms. The van der Waals surface area contributed by atoms with Crippen LogP contribution in [0.2, 0.25) is 0 Å². The van der Waals surface area contributed by atoms with Gasteiger partial charge in [-0.25, -0.2) is 0 Å².